The number of rotatable bonds is 2. The minimum absolute atomic E-state index is 0.0716. The van der Waals surface area contributed by atoms with Crippen molar-refractivity contribution in [1.29, 1.82) is 0 Å². The van der Waals surface area contributed by atoms with Crippen LogP contribution in [0.25, 0.3) is 10.9 Å². The smallest absolute Gasteiger partial charge is 0.248 e. The zero-order valence-corrected chi connectivity index (χ0v) is 8.47. The van der Waals surface area contributed by atoms with E-state index in [0.717, 1.165) is 0 Å². The molecule has 5 N–H and O–H groups in total. The lowest BCUT2D eigenvalue weighted by Gasteiger charge is -2.10. The number of aromatic nitrogens is 1. The number of aliphatic hydroxyl groups excluding tert-OH is 1. The van der Waals surface area contributed by atoms with Gasteiger partial charge in [0, 0.05) is 18.0 Å². The van der Waals surface area contributed by atoms with Crippen LogP contribution in [0.15, 0.2) is 29.1 Å². The summed E-state index contributed by atoms with van der Waals surface area (Å²) >= 11 is 0. The van der Waals surface area contributed by atoms with Crippen molar-refractivity contribution < 1.29 is 10.2 Å². The molecule has 0 fully saturated rings. The third-order valence-electron chi connectivity index (χ3n) is 2.44. The highest BCUT2D eigenvalue weighted by Gasteiger charge is 2.09. The number of hydrogen-bond acceptors (Lipinski definition) is 4. The first-order valence-corrected chi connectivity index (χ1v) is 4.86. The standard InChI is InChI=1S/C11H12N2O3/c12-5-9(15)7-3-6-1-2-10(16)13-11(6)8(14)4-7/h1-4,9,14-15H,5,12H2,(H,13,16). The maximum atomic E-state index is 11.1. The molecule has 0 radical (unpaired) electrons. The molecule has 0 amide bonds. The van der Waals surface area contributed by atoms with Crippen LogP contribution in [-0.2, 0) is 0 Å². The Labute approximate surface area is 91.2 Å². The SMILES string of the molecule is NCC(O)c1cc(O)c2[nH]c(=O)ccc2c1. The molecule has 16 heavy (non-hydrogen) atoms. The van der Waals surface area contributed by atoms with Crippen LogP contribution < -0.4 is 11.3 Å². The van der Waals surface area contributed by atoms with E-state index in [2.05, 4.69) is 4.98 Å². The molecule has 84 valence electrons. The van der Waals surface area contributed by atoms with Crippen LogP contribution in [0.5, 0.6) is 5.75 Å². The van der Waals surface area contributed by atoms with Gasteiger partial charge in [-0.1, -0.05) is 0 Å². The van der Waals surface area contributed by atoms with E-state index in [0.29, 0.717) is 16.5 Å². The normalized spacial score (nSPS) is 12.9. The Morgan fingerprint density at radius 1 is 1.38 bits per heavy atom. The molecule has 2 rings (SSSR count). The van der Waals surface area contributed by atoms with Crippen LogP contribution >= 0.6 is 0 Å². The number of benzene rings is 1. The van der Waals surface area contributed by atoms with Crippen molar-refractivity contribution in [2.45, 2.75) is 6.10 Å². The third-order valence-corrected chi connectivity index (χ3v) is 2.44. The van der Waals surface area contributed by atoms with E-state index in [1.165, 1.54) is 12.1 Å². The minimum atomic E-state index is -0.817. The molecule has 5 nitrogen and oxygen atoms in total. The van der Waals surface area contributed by atoms with Crippen LogP contribution in [0.3, 0.4) is 0 Å². The largest absolute Gasteiger partial charge is 0.506 e. The Hall–Kier alpha value is -1.85. The zero-order chi connectivity index (χ0) is 11.7. The van der Waals surface area contributed by atoms with E-state index in [4.69, 9.17) is 5.73 Å². The topological polar surface area (TPSA) is 99.3 Å². The first kappa shape index (κ1) is 10.7. The molecular formula is C11H12N2O3. The highest BCUT2D eigenvalue weighted by atomic mass is 16.3. The fourth-order valence-electron chi connectivity index (χ4n) is 1.60. The number of nitrogens with two attached hydrogens (primary N) is 1. The number of hydrogen-bond donors (Lipinski definition) is 4. The molecule has 1 atom stereocenters. The molecule has 0 bridgehead atoms. The van der Waals surface area contributed by atoms with Crippen molar-refractivity contribution in [2.24, 2.45) is 5.73 Å². The lowest BCUT2D eigenvalue weighted by molar-refractivity contribution is 0.186. The first-order valence-electron chi connectivity index (χ1n) is 4.86. The van der Waals surface area contributed by atoms with E-state index in [-0.39, 0.29) is 17.9 Å². The predicted molar refractivity (Wildman–Crippen MR) is 60.2 cm³/mol. The number of aromatic amines is 1. The van der Waals surface area contributed by atoms with Gasteiger partial charge in [-0.2, -0.15) is 0 Å². The van der Waals surface area contributed by atoms with Crippen LogP contribution in [0.2, 0.25) is 0 Å². The maximum Gasteiger partial charge on any atom is 0.248 e. The molecule has 1 heterocycles. The fourth-order valence-corrected chi connectivity index (χ4v) is 1.60. The van der Waals surface area contributed by atoms with E-state index in [1.54, 1.807) is 12.1 Å². The second-order valence-electron chi connectivity index (χ2n) is 3.58. The van der Waals surface area contributed by atoms with Crippen LogP contribution in [0, 0.1) is 0 Å². The molecule has 0 spiro atoms. The van der Waals surface area contributed by atoms with E-state index >= 15 is 0 Å². The van der Waals surface area contributed by atoms with E-state index < -0.39 is 6.10 Å². The number of phenols is 1. The monoisotopic (exact) mass is 220 g/mol. The quantitative estimate of drug-likeness (QED) is 0.582. The number of fused-ring (bicyclic) bond motifs is 1. The summed E-state index contributed by atoms with van der Waals surface area (Å²) in [5.41, 5.74) is 5.94. The van der Waals surface area contributed by atoms with Gasteiger partial charge in [-0.25, -0.2) is 0 Å². The van der Waals surface area contributed by atoms with E-state index in [9.17, 15) is 15.0 Å². The number of H-pyrrole nitrogens is 1. The van der Waals surface area contributed by atoms with Gasteiger partial charge >= 0.3 is 0 Å². The van der Waals surface area contributed by atoms with Crippen molar-refractivity contribution in [3.05, 3.63) is 40.2 Å². The van der Waals surface area contributed by atoms with Crippen LogP contribution in [0.4, 0.5) is 0 Å². The van der Waals surface area contributed by atoms with Gasteiger partial charge in [0.25, 0.3) is 0 Å². The van der Waals surface area contributed by atoms with Gasteiger partial charge in [0.15, 0.2) is 0 Å². The highest BCUT2D eigenvalue weighted by Crippen LogP contribution is 2.26. The molecule has 0 aliphatic heterocycles. The highest BCUT2D eigenvalue weighted by molar-refractivity contribution is 5.84. The van der Waals surface area contributed by atoms with Crippen molar-refractivity contribution >= 4 is 10.9 Å². The van der Waals surface area contributed by atoms with Gasteiger partial charge in [-0.3, -0.25) is 4.79 Å². The fraction of sp³-hybridized carbons (Fsp3) is 0.182. The minimum Gasteiger partial charge on any atom is -0.506 e. The Balaban J connectivity index is 2.68. The molecule has 1 aromatic heterocycles. The number of nitrogens with one attached hydrogen (secondary N) is 1. The Morgan fingerprint density at radius 3 is 2.81 bits per heavy atom. The van der Waals surface area contributed by atoms with Gasteiger partial charge < -0.3 is 20.9 Å². The number of pyridine rings is 1. The average molecular weight is 220 g/mol. The molecule has 1 unspecified atom stereocenters. The molecule has 1 aromatic carbocycles. The molecule has 0 saturated carbocycles. The van der Waals surface area contributed by atoms with Gasteiger partial charge in [-0.15, -0.1) is 0 Å². The summed E-state index contributed by atoms with van der Waals surface area (Å²) in [5, 5.41) is 19.9. The molecule has 0 saturated heterocycles. The zero-order valence-electron chi connectivity index (χ0n) is 8.47. The summed E-state index contributed by atoms with van der Waals surface area (Å²) < 4.78 is 0. The Kier molecular flexibility index (Phi) is 2.64. The lowest BCUT2D eigenvalue weighted by Crippen LogP contribution is -2.11. The maximum absolute atomic E-state index is 11.1. The first-order chi connectivity index (χ1) is 7.61. The van der Waals surface area contributed by atoms with Crippen molar-refractivity contribution in [2.75, 3.05) is 6.54 Å². The summed E-state index contributed by atoms with van der Waals surface area (Å²) in [5.74, 6) is -0.0716. The molecule has 2 aromatic rings. The number of aromatic hydroxyl groups is 1. The van der Waals surface area contributed by atoms with Gasteiger partial charge in [0.05, 0.1) is 11.6 Å². The Morgan fingerprint density at radius 2 is 2.12 bits per heavy atom. The molecule has 0 aliphatic carbocycles. The third kappa shape index (κ3) is 1.78. The summed E-state index contributed by atoms with van der Waals surface area (Å²) in [6.45, 7) is 0.0777. The summed E-state index contributed by atoms with van der Waals surface area (Å²) in [4.78, 5) is 13.6. The van der Waals surface area contributed by atoms with Crippen LogP contribution in [-0.4, -0.2) is 21.7 Å². The Bertz CT molecular complexity index is 577. The predicted octanol–water partition coefficient (Wildman–Crippen LogP) is 0.226. The molecule has 5 heteroatoms. The second-order valence-corrected chi connectivity index (χ2v) is 3.58. The van der Waals surface area contributed by atoms with Crippen molar-refractivity contribution in [3.63, 3.8) is 0 Å². The molecule has 0 aliphatic rings. The number of phenolic OH excluding ortho intramolecular Hbond substituents is 1. The second kappa shape index (κ2) is 3.96. The van der Waals surface area contributed by atoms with Crippen molar-refractivity contribution in [1.82, 2.24) is 4.98 Å². The van der Waals surface area contributed by atoms with Gasteiger partial charge in [-0.05, 0) is 23.8 Å². The molecular weight excluding hydrogens is 208 g/mol. The van der Waals surface area contributed by atoms with Crippen LogP contribution in [0.1, 0.15) is 11.7 Å². The summed E-state index contributed by atoms with van der Waals surface area (Å²) in [6.07, 6.45) is -0.817. The average Bonchev–Trinajstić information content (AvgIpc) is 2.28. The van der Waals surface area contributed by atoms with Gasteiger partial charge in [0.2, 0.25) is 5.56 Å². The van der Waals surface area contributed by atoms with Gasteiger partial charge in [0.1, 0.15) is 5.75 Å². The summed E-state index contributed by atoms with van der Waals surface area (Å²) in [7, 11) is 0. The summed E-state index contributed by atoms with van der Waals surface area (Å²) in [6, 6.07) is 6.03. The lowest BCUT2D eigenvalue weighted by atomic mass is 10.1. The number of aliphatic hydroxyl groups is 1. The van der Waals surface area contributed by atoms with E-state index in [1.807, 2.05) is 0 Å². The van der Waals surface area contributed by atoms with Crippen molar-refractivity contribution in [3.8, 4) is 5.75 Å².